The second-order valence-electron chi connectivity index (χ2n) is 8.33. The van der Waals surface area contributed by atoms with Crippen LogP contribution in [0.15, 0.2) is 48.5 Å². The molecule has 2 aromatic rings. The molecule has 2 aromatic carbocycles. The van der Waals surface area contributed by atoms with E-state index >= 15 is 0 Å². The van der Waals surface area contributed by atoms with Gasteiger partial charge in [0.1, 0.15) is 17.9 Å². The van der Waals surface area contributed by atoms with Crippen molar-refractivity contribution in [1.29, 1.82) is 0 Å². The Hall–Kier alpha value is -2.70. The molecule has 4 heterocycles. The predicted octanol–water partition coefficient (Wildman–Crippen LogP) is 1.35. The van der Waals surface area contributed by atoms with Crippen LogP contribution in [0.2, 0.25) is 5.02 Å². The van der Waals surface area contributed by atoms with Gasteiger partial charge in [0.15, 0.2) is 0 Å². The van der Waals surface area contributed by atoms with Gasteiger partial charge in [-0.3, -0.25) is 14.4 Å². The molecule has 4 aliphatic rings. The molecule has 6 nitrogen and oxygen atoms in total. The molecule has 146 valence electrons. The van der Waals surface area contributed by atoms with E-state index in [9.17, 15) is 14.4 Å². The van der Waals surface area contributed by atoms with Crippen LogP contribution in [-0.2, 0) is 19.9 Å². The van der Waals surface area contributed by atoms with E-state index in [4.69, 9.17) is 11.6 Å². The number of hydrogen-bond donors (Lipinski definition) is 2. The monoisotopic (exact) mass is 408 g/mol. The Morgan fingerprint density at radius 1 is 1.07 bits per heavy atom. The number of anilines is 2. The molecule has 7 heteroatoms. The van der Waals surface area contributed by atoms with Gasteiger partial charge < -0.3 is 10.2 Å². The smallest absolute Gasteiger partial charge is 0.291 e. The SMILES string of the molecule is O=C1[C@H]2[C@H]3CCC[NH+]3[C@@]3(C(=O)Nc4ccc(Cl)cc43)[C@H]2C(=O)N1c1ccccc1. The van der Waals surface area contributed by atoms with E-state index in [2.05, 4.69) is 5.32 Å². The number of rotatable bonds is 1. The molecule has 5 atom stereocenters. The minimum absolute atomic E-state index is 0.0409. The minimum Gasteiger partial charge on any atom is -0.320 e. The molecular weight excluding hydrogens is 390 g/mol. The third-order valence-corrected chi connectivity index (χ3v) is 7.43. The van der Waals surface area contributed by atoms with Gasteiger partial charge >= 0.3 is 0 Å². The fourth-order valence-electron chi connectivity index (χ4n) is 6.26. The van der Waals surface area contributed by atoms with E-state index < -0.39 is 17.4 Å². The van der Waals surface area contributed by atoms with E-state index in [1.54, 1.807) is 30.3 Å². The summed E-state index contributed by atoms with van der Waals surface area (Å²) < 4.78 is 0. The summed E-state index contributed by atoms with van der Waals surface area (Å²) in [5.41, 5.74) is 0.913. The molecule has 6 rings (SSSR count). The second-order valence-corrected chi connectivity index (χ2v) is 8.76. The summed E-state index contributed by atoms with van der Waals surface area (Å²) in [4.78, 5) is 43.0. The van der Waals surface area contributed by atoms with Crippen LogP contribution in [0.25, 0.3) is 0 Å². The zero-order valence-corrected chi connectivity index (χ0v) is 16.3. The normalized spacial score (nSPS) is 34.5. The highest BCUT2D eigenvalue weighted by Gasteiger charge is 2.78. The average molecular weight is 409 g/mol. The van der Waals surface area contributed by atoms with E-state index in [1.165, 1.54) is 4.90 Å². The Morgan fingerprint density at radius 3 is 2.66 bits per heavy atom. The Labute approximate surface area is 172 Å². The highest BCUT2D eigenvalue weighted by Crippen LogP contribution is 2.52. The molecule has 0 saturated carbocycles. The van der Waals surface area contributed by atoms with E-state index in [1.807, 2.05) is 18.2 Å². The second kappa shape index (κ2) is 5.68. The van der Waals surface area contributed by atoms with Crippen LogP contribution in [0.1, 0.15) is 18.4 Å². The number of amides is 3. The van der Waals surface area contributed by atoms with Crippen LogP contribution in [0.5, 0.6) is 0 Å². The maximum Gasteiger partial charge on any atom is 0.291 e. The fraction of sp³-hybridized carbons (Fsp3) is 0.318. The lowest BCUT2D eigenvalue weighted by atomic mass is 9.75. The molecule has 0 bridgehead atoms. The summed E-state index contributed by atoms with van der Waals surface area (Å²) in [5.74, 6) is -1.86. The first-order valence-electron chi connectivity index (χ1n) is 9.95. The quantitative estimate of drug-likeness (QED) is 0.700. The molecule has 29 heavy (non-hydrogen) atoms. The van der Waals surface area contributed by atoms with Crippen molar-refractivity contribution < 1.29 is 19.3 Å². The minimum atomic E-state index is -1.09. The average Bonchev–Trinajstić information content (AvgIpc) is 3.41. The first-order chi connectivity index (χ1) is 14.0. The summed E-state index contributed by atoms with van der Waals surface area (Å²) in [6, 6.07) is 14.3. The number of carbonyl (C=O) groups is 3. The summed E-state index contributed by atoms with van der Waals surface area (Å²) in [7, 11) is 0. The number of fused-ring (bicyclic) bond motifs is 7. The molecule has 0 aromatic heterocycles. The molecular formula is C22H19ClN3O3+. The first kappa shape index (κ1) is 17.2. The van der Waals surface area contributed by atoms with Crippen molar-refractivity contribution in [2.45, 2.75) is 24.4 Å². The molecule has 3 saturated heterocycles. The van der Waals surface area contributed by atoms with Crippen molar-refractivity contribution in [3.8, 4) is 0 Å². The Kier molecular flexibility index (Phi) is 3.36. The Bertz CT molecular complexity index is 1090. The lowest BCUT2D eigenvalue weighted by molar-refractivity contribution is -0.948. The number of nitrogens with one attached hydrogen (secondary N) is 2. The van der Waals surface area contributed by atoms with Gasteiger partial charge in [-0.1, -0.05) is 29.8 Å². The summed E-state index contributed by atoms with van der Waals surface area (Å²) in [5, 5.41) is 3.50. The Balaban J connectivity index is 1.58. The summed E-state index contributed by atoms with van der Waals surface area (Å²) >= 11 is 6.30. The zero-order valence-electron chi connectivity index (χ0n) is 15.5. The standard InChI is InChI=1S/C22H18ClN3O3/c23-12-8-9-15-14(11-12)22(21(29)24-15)18-17(16-7-4-10-25(16)22)19(27)26(20(18)28)13-5-2-1-3-6-13/h1-3,5-6,8-9,11,16-18H,4,7,10H2,(H,24,29)/p+1/t16-,17+,18-,22-/m1/s1. The van der Waals surface area contributed by atoms with Crippen molar-refractivity contribution >= 4 is 40.7 Å². The number of para-hydroxylation sites is 1. The highest BCUT2D eigenvalue weighted by molar-refractivity contribution is 6.31. The molecule has 0 aliphatic carbocycles. The molecule has 1 spiro atoms. The maximum absolute atomic E-state index is 13.7. The number of nitrogens with zero attached hydrogens (tertiary/aromatic N) is 1. The van der Waals surface area contributed by atoms with Crippen LogP contribution in [0.3, 0.4) is 0 Å². The zero-order chi connectivity index (χ0) is 19.9. The van der Waals surface area contributed by atoms with Crippen LogP contribution in [0, 0.1) is 11.8 Å². The van der Waals surface area contributed by atoms with Gasteiger partial charge in [-0.25, -0.2) is 4.90 Å². The predicted molar refractivity (Wildman–Crippen MR) is 107 cm³/mol. The third-order valence-electron chi connectivity index (χ3n) is 7.19. The number of carbonyl (C=O) groups excluding carboxylic acids is 3. The van der Waals surface area contributed by atoms with Crippen molar-refractivity contribution in [2.75, 3.05) is 16.8 Å². The number of quaternary nitrogens is 1. The highest BCUT2D eigenvalue weighted by atomic mass is 35.5. The van der Waals surface area contributed by atoms with Crippen LogP contribution >= 0.6 is 11.6 Å². The summed E-state index contributed by atoms with van der Waals surface area (Å²) in [6.07, 6.45) is 1.77. The number of halogens is 1. The molecule has 3 amide bonds. The molecule has 1 unspecified atom stereocenters. The van der Waals surface area contributed by atoms with Gasteiger partial charge in [0, 0.05) is 23.4 Å². The Morgan fingerprint density at radius 2 is 1.86 bits per heavy atom. The number of imide groups is 1. The van der Waals surface area contributed by atoms with Gasteiger partial charge in [0.05, 0.1) is 17.9 Å². The van der Waals surface area contributed by atoms with Crippen LogP contribution in [-0.4, -0.2) is 30.3 Å². The largest absolute Gasteiger partial charge is 0.320 e. The topological polar surface area (TPSA) is 70.9 Å². The van der Waals surface area contributed by atoms with E-state index in [0.717, 1.165) is 29.8 Å². The van der Waals surface area contributed by atoms with Crippen molar-refractivity contribution in [3.05, 3.63) is 59.1 Å². The van der Waals surface area contributed by atoms with Gasteiger partial charge in [-0.05, 0) is 30.3 Å². The number of benzene rings is 2. The fourth-order valence-corrected chi connectivity index (χ4v) is 6.44. The van der Waals surface area contributed by atoms with Crippen LogP contribution < -0.4 is 15.1 Å². The maximum atomic E-state index is 13.7. The van der Waals surface area contributed by atoms with Crippen molar-refractivity contribution in [3.63, 3.8) is 0 Å². The molecule has 0 radical (unpaired) electrons. The van der Waals surface area contributed by atoms with Crippen molar-refractivity contribution in [1.82, 2.24) is 0 Å². The first-order valence-corrected chi connectivity index (χ1v) is 10.3. The van der Waals surface area contributed by atoms with Gasteiger partial charge in [-0.15, -0.1) is 0 Å². The van der Waals surface area contributed by atoms with Gasteiger partial charge in [0.25, 0.3) is 5.91 Å². The molecule has 3 fully saturated rings. The van der Waals surface area contributed by atoms with E-state index in [0.29, 0.717) is 16.4 Å². The van der Waals surface area contributed by atoms with E-state index in [-0.39, 0.29) is 23.8 Å². The third kappa shape index (κ3) is 1.93. The molecule has 4 aliphatic heterocycles. The lowest BCUT2D eigenvalue weighted by Gasteiger charge is -2.33. The number of hydrogen-bond acceptors (Lipinski definition) is 3. The lowest BCUT2D eigenvalue weighted by Crippen LogP contribution is -3.19. The van der Waals surface area contributed by atoms with Crippen LogP contribution in [0.4, 0.5) is 11.4 Å². The van der Waals surface area contributed by atoms with Crippen molar-refractivity contribution in [2.24, 2.45) is 11.8 Å². The van der Waals surface area contributed by atoms with Gasteiger partial charge in [-0.2, -0.15) is 0 Å². The van der Waals surface area contributed by atoms with Gasteiger partial charge in [0.2, 0.25) is 17.4 Å². The summed E-state index contributed by atoms with van der Waals surface area (Å²) in [6.45, 7) is 0.767. The molecule has 2 N–H and O–H groups in total.